The molecule has 0 aromatic rings. The van der Waals surface area contributed by atoms with Gasteiger partial charge in [-0.1, -0.05) is 19.8 Å². The van der Waals surface area contributed by atoms with Crippen molar-refractivity contribution in [2.45, 2.75) is 45.6 Å². The third-order valence-corrected chi connectivity index (χ3v) is 2.72. The van der Waals surface area contributed by atoms with Crippen molar-refractivity contribution in [1.29, 1.82) is 0 Å². The minimum absolute atomic E-state index is 0.419. The lowest BCUT2D eigenvalue weighted by atomic mass is 9.79. The van der Waals surface area contributed by atoms with Crippen LogP contribution in [0.5, 0.6) is 0 Å². The lowest BCUT2D eigenvalue weighted by Crippen LogP contribution is -2.30. The predicted octanol–water partition coefficient (Wildman–Crippen LogP) is 2.16. The predicted molar refractivity (Wildman–Crippen MR) is 44.8 cm³/mol. The van der Waals surface area contributed by atoms with Gasteiger partial charge in [0.15, 0.2) is 0 Å². The highest BCUT2D eigenvalue weighted by Crippen LogP contribution is 2.29. The summed E-state index contributed by atoms with van der Waals surface area (Å²) in [6, 6.07) is 0.419. The largest absolute Gasteiger partial charge is 0.328 e. The van der Waals surface area contributed by atoms with Gasteiger partial charge in [-0.3, -0.25) is 0 Å². The molecule has 0 aliphatic heterocycles. The fourth-order valence-corrected chi connectivity index (χ4v) is 1.96. The zero-order chi connectivity index (χ0) is 7.56. The van der Waals surface area contributed by atoms with Gasteiger partial charge in [0.2, 0.25) is 0 Å². The molecule has 0 bridgehead atoms. The summed E-state index contributed by atoms with van der Waals surface area (Å²) in [6.45, 7) is 4.48. The summed E-state index contributed by atoms with van der Waals surface area (Å²) >= 11 is 0. The van der Waals surface area contributed by atoms with Crippen LogP contribution in [0, 0.1) is 11.8 Å². The molecule has 1 saturated carbocycles. The molecule has 2 N–H and O–H groups in total. The maximum atomic E-state index is 5.83. The van der Waals surface area contributed by atoms with Crippen LogP contribution in [0.3, 0.4) is 0 Å². The van der Waals surface area contributed by atoms with E-state index in [1.807, 2.05) is 0 Å². The van der Waals surface area contributed by atoms with Crippen molar-refractivity contribution >= 4 is 0 Å². The van der Waals surface area contributed by atoms with Gasteiger partial charge in [0.25, 0.3) is 0 Å². The Morgan fingerprint density at radius 2 is 2.10 bits per heavy atom. The first-order chi connectivity index (χ1) is 4.70. The molecule has 0 amide bonds. The van der Waals surface area contributed by atoms with E-state index >= 15 is 0 Å². The lowest BCUT2D eigenvalue weighted by molar-refractivity contribution is 0.254. The second-order valence-corrected chi connectivity index (χ2v) is 3.89. The molecule has 3 atom stereocenters. The number of nitrogens with two attached hydrogens (primary N) is 1. The summed E-state index contributed by atoms with van der Waals surface area (Å²) in [6.07, 6.45) is 5.54. The fourth-order valence-electron chi connectivity index (χ4n) is 1.96. The second kappa shape index (κ2) is 3.38. The van der Waals surface area contributed by atoms with Gasteiger partial charge in [-0.15, -0.1) is 0 Å². The molecule has 1 fully saturated rings. The highest BCUT2D eigenvalue weighted by atomic mass is 14.6. The Hall–Kier alpha value is -0.0400. The van der Waals surface area contributed by atoms with E-state index in [1.165, 1.54) is 25.7 Å². The van der Waals surface area contributed by atoms with E-state index in [9.17, 15) is 0 Å². The Morgan fingerprint density at radius 1 is 1.40 bits per heavy atom. The summed E-state index contributed by atoms with van der Waals surface area (Å²) in [4.78, 5) is 0. The molecule has 0 radical (unpaired) electrons. The van der Waals surface area contributed by atoms with Crippen LogP contribution in [-0.4, -0.2) is 6.04 Å². The molecule has 1 aliphatic rings. The highest BCUT2D eigenvalue weighted by molar-refractivity contribution is 4.75. The van der Waals surface area contributed by atoms with Crippen molar-refractivity contribution in [2.75, 3.05) is 0 Å². The summed E-state index contributed by atoms with van der Waals surface area (Å²) < 4.78 is 0. The SMILES string of the molecule is C[C@@H]1CCC[C@H]([C@@H](C)N)C1. The van der Waals surface area contributed by atoms with Crippen molar-refractivity contribution in [2.24, 2.45) is 17.6 Å². The maximum Gasteiger partial charge on any atom is 0.00388 e. The van der Waals surface area contributed by atoms with Crippen LogP contribution in [-0.2, 0) is 0 Å². The molecular formula is C9H19N. The van der Waals surface area contributed by atoms with Gasteiger partial charge in [-0.2, -0.15) is 0 Å². The molecule has 0 aromatic carbocycles. The van der Waals surface area contributed by atoms with Crippen molar-refractivity contribution in [3.05, 3.63) is 0 Å². The Labute approximate surface area is 64.0 Å². The van der Waals surface area contributed by atoms with Crippen LogP contribution in [0.2, 0.25) is 0 Å². The lowest BCUT2D eigenvalue weighted by Gasteiger charge is -2.29. The van der Waals surface area contributed by atoms with Crippen molar-refractivity contribution < 1.29 is 0 Å². The molecule has 0 aromatic heterocycles. The summed E-state index contributed by atoms with van der Waals surface area (Å²) in [7, 11) is 0. The van der Waals surface area contributed by atoms with E-state index in [4.69, 9.17) is 5.73 Å². The second-order valence-electron chi connectivity index (χ2n) is 3.89. The zero-order valence-corrected chi connectivity index (χ0v) is 7.14. The van der Waals surface area contributed by atoms with E-state index in [1.54, 1.807) is 0 Å². The first kappa shape index (κ1) is 8.06. The molecule has 0 spiro atoms. The van der Waals surface area contributed by atoms with Crippen LogP contribution in [0.25, 0.3) is 0 Å². The highest BCUT2D eigenvalue weighted by Gasteiger charge is 2.21. The molecule has 0 unspecified atom stereocenters. The molecule has 0 saturated heterocycles. The van der Waals surface area contributed by atoms with Crippen LogP contribution in [0.15, 0.2) is 0 Å². The average Bonchev–Trinajstić information content (AvgIpc) is 1.88. The van der Waals surface area contributed by atoms with Gasteiger partial charge in [0.05, 0.1) is 0 Å². The first-order valence-electron chi connectivity index (χ1n) is 4.45. The van der Waals surface area contributed by atoms with Gasteiger partial charge in [-0.25, -0.2) is 0 Å². The van der Waals surface area contributed by atoms with Gasteiger partial charge < -0.3 is 5.73 Å². The quantitative estimate of drug-likeness (QED) is 0.595. The number of hydrogen-bond donors (Lipinski definition) is 1. The third kappa shape index (κ3) is 1.98. The minimum atomic E-state index is 0.419. The van der Waals surface area contributed by atoms with Gasteiger partial charge in [-0.05, 0) is 31.6 Å². The normalized spacial score (nSPS) is 37.5. The summed E-state index contributed by atoms with van der Waals surface area (Å²) in [5, 5.41) is 0. The van der Waals surface area contributed by atoms with E-state index in [-0.39, 0.29) is 0 Å². The third-order valence-electron chi connectivity index (χ3n) is 2.72. The van der Waals surface area contributed by atoms with Crippen molar-refractivity contribution in [3.63, 3.8) is 0 Å². The van der Waals surface area contributed by atoms with Crippen LogP contribution in [0.4, 0.5) is 0 Å². The monoisotopic (exact) mass is 141 g/mol. The molecule has 10 heavy (non-hydrogen) atoms. The molecule has 60 valence electrons. The Kier molecular flexibility index (Phi) is 2.72. The van der Waals surface area contributed by atoms with Crippen LogP contribution in [0.1, 0.15) is 39.5 Å². The van der Waals surface area contributed by atoms with Crippen LogP contribution >= 0.6 is 0 Å². The number of hydrogen-bond acceptors (Lipinski definition) is 1. The van der Waals surface area contributed by atoms with Crippen LogP contribution < -0.4 is 5.73 Å². The molecule has 1 aliphatic carbocycles. The topological polar surface area (TPSA) is 26.0 Å². The molecular weight excluding hydrogens is 122 g/mol. The Morgan fingerprint density at radius 3 is 2.50 bits per heavy atom. The maximum absolute atomic E-state index is 5.83. The minimum Gasteiger partial charge on any atom is -0.328 e. The van der Waals surface area contributed by atoms with E-state index < -0.39 is 0 Å². The first-order valence-corrected chi connectivity index (χ1v) is 4.45. The molecule has 1 heteroatoms. The molecule has 1 rings (SSSR count). The summed E-state index contributed by atoms with van der Waals surface area (Å²) in [5.41, 5.74) is 5.83. The Bertz CT molecular complexity index is 98.9. The van der Waals surface area contributed by atoms with Gasteiger partial charge >= 0.3 is 0 Å². The zero-order valence-electron chi connectivity index (χ0n) is 7.14. The summed E-state index contributed by atoms with van der Waals surface area (Å²) in [5.74, 6) is 1.73. The average molecular weight is 141 g/mol. The molecule has 0 heterocycles. The van der Waals surface area contributed by atoms with Crippen molar-refractivity contribution in [3.8, 4) is 0 Å². The van der Waals surface area contributed by atoms with Crippen molar-refractivity contribution in [1.82, 2.24) is 0 Å². The number of rotatable bonds is 1. The van der Waals surface area contributed by atoms with E-state index in [0.717, 1.165) is 11.8 Å². The fraction of sp³-hybridized carbons (Fsp3) is 1.00. The van der Waals surface area contributed by atoms with Gasteiger partial charge in [0, 0.05) is 6.04 Å². The standard InChI is InChI=1S/C9H19N/c1-7-4-3-5-9(6-7)8(2)10/h7-9H,3-6,10H2,1-2H3/t7-,8-,9+/m1/s1. The van der Waals surface area contributed by atoms with E-state index in [0.29, 0.717) is 6.04 Å². The smallest absolute Gasteiger partial charge is 0.00388 e. The molecule has 1 nitrogen and oxygen atoms in total. The van der Waals surface area contributed by atoms with E-state index in [2.05, 4.69) is 13.8 Å². The van der Waals surface area contributed by atoms with Gasteiger partial charge in [0.1, 0.15) is 0 Å². The Balaban J connectivity index is 2.32.